The lowest BCUT2D eigenvalue weighted by Crippen LogP contribution is -2.31. The van der Waals surface area contributed by atoms with E-state index in [9.17, 15) is 0 Å². The first-order valence-electron chi connectivity index (χ1n) is 21.8. The van der Waals surface area contributed by atoms with Crippen molar-refractivity contribution in [3.63, 3.8) is 0 Å². The maximum absolute atomic E-state index is 2.64. The van der Waals surface area contributed by atoms with Crippen molar-refractivity contribution < 1.29 is 0 Å². The molecule has 290 valence electrons. The Labute approximate surface area is 357 Å². The van der Waals surface area contributed by atoms with Crippen LogP contribution < -0.4 is 4.90 Å². The normalized spacial score (nSPS) is 22.0. The number of thiophene rings is 1. The van der Waals surface area contributed by atoms with E-state index in [0.717, 1.165) is 25.7 Å². The molecule has 0 amide bonds. The molecule has 0 saturated heterocycles. The zero-order valence-electron chi connectivity index (χ0n) is 34.2. The molecule has 0 saturated carbocycles. The van der Waals surface area contributed by atoms with E-state index in [1.807, 2.05) is 11.3 Å². The SMILES string of the molecule is CC1(C)c2c(-c3ccccc3N(C3=CC4=C(CC3)c3ccccc3C4(C3=CCCC=C3)c3ccccc3)c3ccc4sc5ccccc5c4c3)cccc2C2C=CC=CC21. The van der Waals surface area contributed by atoms with Crippen LogP contribution in [0.2, 0.25) is 0 Å². The van der Waals surface area contributed by atoms with Crippen LogP contribution in [-0.4, -0.2) is 0 Å². The van der Waals surface area contributed by atoms with Crippen LogP contribution in [0.3, 0.4) is 0 Å². The zero-order chi connectivity index (χ0) is 40.0. The van der Waals surface area contributed by atoms with Crippen LogP contribution in [0.4, 0.5) is 11.4 Å². The molecule has 1 nitrogen and oxygen atoms in total. The summed E-state index contributed by atoms with van der Waals surface area (Å²) in [6.07, 6.45) is 23.4. The molecule has 1 heterocycles. The first-order valence-corrected chi connectivity index (χ1v) is 22.6. The molecular formula is C58H47NS. The van der Waals surface area contributed by atoms with Gasteiger partial charge in [0.2, 0.25) is 0 Å². The number of nitrogens with zero attached hydrogens (tertiary/aromatic N) is 1. The van der Waals surface area contributed by atoms with E-state index in [1.54, 1.807) is 0 Å². The summed E-state index contributed by atoms with van der Waals surface area (Å²) in [5.74, 6) is 0.822. The number of allylic oxidation sites excluding steroid dienone is 12. The van der Waals surface area contributed by atoms with E-state index >= 15 is 0 Å². The van der Waals surface area contributed by atoms with Gasteiger partial charge in [-0.2, -0.15) is 0 Å². The van der Waals surface area contributed by atoms with Gasteiger partial charge < -0.3 is 4.90 Å². The van der Waals surface area contributed by atoms with Crippen LogP contribution in [0.15, 0.2) is 205 Å². The van der Waals surface area contributed by atoms with Crippen molar-refractivity contribution in [2.24, 2.45) is 5.92 Å². The van der Waals surface area contributed by atoms with Gasteiger partial charge in [0.1, 0.15) is 0 Å². The molecule has 1 aromatic heterocycles. The van der Waals surface area contributed by atoms with Crippen LogP contribution in [0.1, 0.15) is 73.3 Å². The summed E-state index contributed by atoms with van der Waals surface area (Å²) < 4.78 is 2.66. The Morgan fingerprint density at radius 2 is 1.42 bits per heavy atom. The Hall–Kier alpha value is -6.22. The summed E-state index contributed by atoms with van der Waals surface area (Å²) in [5.41, 5.74) is 17.3. The maximum Gasteiger partial charge on any atom is 0.0707 e. The summed E-state index contributed by atoms with van der Waals surface area (Å²) in [7, 11) is 0. The van der Waals surface area contributed by atoms with E-state index in [0.29, 0.717) is 11.8 Å². The van der Waals surface area contributed by atoms with Crippen molar-refractivity contribution in [1.82, 2.24) is 0 Å². The molecule has 0 spiro atoms. The highest BCUT2D eigenvalue weighted by Gasteiger charge is 2.49. The number of rotatable bonds is 6. The number of para-hydroxylation sites is 1. The summed E-state index contributed by atoms with van der Waals surface area (Å²) in [6.45, 7) is 4.93. The van der Waals surface area contributed by atoms with Gasteiger partial charge in [0, 0.05) is 43.0 Å². The third-order valence-corrected chi connectivity index (χ3v) is 15.5. The first-order chi connectivity index (χ1) is 29.5. The average molecular weight is 790 g/mol. The molecule has 2 heteroatoms. The van der Waals surface area contributed by atoms with Gasteiger partial charge in [-0.05, 0) is 124 Å². The van der Waals surface area contributed by atoms with E-state index in [2.05, 4.69) is 207 Å². The van der Waals surface area contributed by atoms with Crippen molar-refractivity contribution in [2.75, 3.05) is 4.90 Å². The molecule has 6 aromatic carbocycles. The molecule has 3 unspecified atom stereocenters. The lowest BCUT2D eigenvalue weighted by molar-refractivity contribution is 0.395. The van der Waals surface area contributed by atoms with Crippen LogP contribution >= 0.6 is 11.3 Å². The molecule has 0 aliphatic heterocycles. The number of hydrogen-bond donors (Lipinski definition) is 0. The third-order valence-electron chi connectivity index (χ3n) is 14.4. The second kappa shape index (κ2) is 13.7. The first kappa shape index (κ1) is 35.7. The molecule has 12 rings (SSSR count). The quantitative estimate of drug-likeness (QED) is 0.162. The summed E-state index contributed by atoms with van der Waals surface area (Å²) in [4.78, 5) is 2.64. The predicted molar refractivity (Wildman–Crippen MR) is 255 cm³/mol. The molecule has 7 aromatic rings. The van der Waals surface area contributed by atoms with Crippen molar-refractivity contribution >= 4 is 48.5 Å². The van der Waals surface area contributed by atoms with Crippen molar-refractivity contribution in [3.05, 3.63) is 233 Å². The molecule has 0 N–H and O–H groups in total. The van der Waals surface area contributed by atoms with Crippen molar-refractivity contribution in [2.45, 2.75) is 56.3 Å². The monoisotopic (exact) mass is 789 g/mol. The minimum Gasteiger partial charge on any atom is -0.314 e. The van der Waals surface area contributed by atoms with Crippen LogP contribution in [0.5, 0.6) is 0 Å². The van der Waals surface area contributed by atoms with Gasteiger partial charge in [-0.25, -0.2) is 0 Å². The fraction of sp³-hybridized carbons (Fsp3) is 0.172. The molecule has 5 aliphatic rings. The summed E-state index contributed by atoms with van der Waals surface area (Å²) in [6, 6.07) is 53.0. The number of fused-ring (bicyclic) bond motifs is 8. The highest BCUT2D eigenvalue weighted by molar-refractivity contribution is 7.25. The fourth-order valence-electron chi connectivity index (χ4n) is 11.9. The highest BCUT2D eigenvalue weighted by Crippen LogP contribution is 2.60. The molecule has 60 heavy (non-hydrogen) atoms. The van der Waals surface area contributed by atoms with Gasteiger partial charge in [0.15, 0.2) is 0 Å². The second-order valence-corrected chi connectivity index (χ2v) is 18.9. The molecule has 0 fully saturated rings. The van der Waals surface area contributed by atoms with E-state index in [1.165, 1.54) is 92.9 Å². The molecule has 0 radical (unpaired) electrons. The van der Waals surface area contributed by atoms with Crippen LogP contribution in [-0.2, 0) is 10.8 Å². The fourth-order valence-corrected chi connectivity index (χ4v) is 12.9. The smallest absolute Gasteiger partial charge is 0.0707 e. The van der Waals surface area contributed by atoms with E-state index < -0.39 is 5.41 Å². The zero-order valence-corrected chi connectivity index (χ0v) is 35.1. The molecule has 0 bridgehead atoms. The van der Waals surface area contributed by atoms with Gasteiger partial charge in [-0.15, -0.1) is 11.3 Å². The Morgan fingerprint density at radius 3 is 2.30 bits per heavy atom. The molecule has 3 atom stereocenters. The van der Waals surface area contributed by atoms with Gasteiger partial charge in [0.05, 0.1) is 11.1 Å². The lowest BCUT2D eigenvalue weighted by Gasteiger charge is -2.39. The Morgan fingerprint density at radius 1 is 0.650 bits per heavy atom. The Kier molecular flexibility index (Phi) is 8.13. The average Bonchev–Trinajstić information content (AvgIpc) is 3.91. The number of benzene rings is 6. The Balaban J connectivity index is 1.12. The van der Waals surface area contributed by atoms with Gasteiger partial charge in [-0.3, -0.25) is 0 Å². The Bertz CT molecular complexity index is 3090. The molecular weight excluding hydrogens is 743 g/mol. The standard InChI is InChI=1S/C58H47NS/c1-57(2)50-28-13-9-23-43(50)47-26-17-27-48(56(47)57)45-24-11-15-30-53(45)59(40-33-35-55-49(36-40)46-25-12-16-31-54(46)60-55)41-32-34-44-42-22-10-14-29-51(42)58(52(44)37-41,38-18-5-3-6-19-38)39-20-7-4-8-21-39/h3,5-7,9-31,33,35-37,43,50H,4,8,32,34H2,1-2H3. The van der Waals surface area contributed by atoms with Crippen LogP contribution in [0, 0.1) is 5.92 Å². The van der Waals surface area contributed by atoms with Gasteiger partial charge in [-0.1, -0.05) is 166 Å². The lowest BCUT2D eigenvalue weighted by atomic mass is 9.64. The third kappa shape index (κ3) is 5.10. The van der Waals surface area contributed by atoms with Gasteiger partial charge in [0.25, 0.3) is 0 Å². The highest BCUT2D eigenvalue weighted by atomic mass is 32.1. The van der Waals surface area contributed by atoms with Crippen molar-refractivity contribution in [3.8, 4) is 11.1 Å². The minimum absolute atomic E-state index is 0.0275. The summed E-state index contributed by atoms with van der Waals surface area (Å²) >= 11 is 1.89. The van der Waals surface area contributed by atoms with Gasteiger partial charge >= 0.3 is 0 Å². The van der Waals surface area contributed by atoms with Crippen molar-refractivity contribution in [1.29, 1.82) is 0 Å². The molecule has 5 aliphatic carbocycles. The predicted octanol–water partition coefficient (Wildman–Crippen LogP) is 15.7. The maximum atomic E-state index is 2.64. The second-order valence-electron chi connectivity index (χ2n) is 17.8. The number of hydrogen-bond acceptors (Lipinski definition) is 2. The topological polar surface area (TPSA) is 3.24 Å². The van der Waals surface area contributed by atoms with E-state index in [-0.39, 0.29) is 5.41 Å². The largest absolute Gasteiger partial charge is 0.314 e. The summed E-state index contributed by atoms with van der Waals surface area (Å²) in [5, 5.41) is 2.65. The van der Waals surface area contributed by atoms with E-state index in [4.69, 9.17) is 0 Å². The number of anilines is 2. The minimum atomic E-state index is -0.407. The van der Waals surface area contributed by atoms with Crippen LogP contribution in [0.25, 0.3) is 36.9 Å².